The standard InChI is InChI=1S/C19H22N4O7/c1-27-15-7-13(14(23(25)26)8-16(15)28-2)19(24)22-6-4-5-12(11-22)30-18-10-20-9-17(21-18)29-3/h7-10,12H,4-6,11H2,1-3H3. The second-order valence-electron chi connectivity index (χ2n) is 6.51. The molecule has 1 aromatic carbocycles. The van der Waals surface area contributed by atoms with Crippen molar-refractivity contribution in [3.05, 3.63) is 40.2 Å². The number of aromatic nitrogens is 2. The Bertz CT molecular complexity index is 937. The third-order valence-electron chi connectivity index (χ3n) is 4.68. The van der Waals surface area contributed by atoms with Crippen LogP contribution in [0.2, 0.25) is 0 Å². The van der Waals surface area contributed by atoms with E-state index in [2.05, 4.69) is 9.97 Å². The molecule has 1 unspecified atom stereocenters. The summed E-state index contributed by atoms with van der Waals surface area (Å²) in [6, 6.07) is 2.52. The minimum atomic E-state index is -0.612. The molecule has 1 aromatic heterocycles. The van der Waals surface area contributed by atoms with E-state index in [1.165, 1.54) is 50.8 Å². The van der Waals surface area contributed by atoms with Crippen molar-refractivity contribution in [2.45, 2.75) is 18.9 Å². The molecule has 1 atom stereocenters. The van der Waals surface area contributed by atoms with Gasteiger partial charge in [0.2, 0.25) is 11.8 Å². The molecule has 30 heavy (non-hydrogen) atoms. The summed E-state index contributed by atoms with van der Waals surface area (Å²) in [6.07, 6.45) is 3.97. The van der Waals surface area contributed by atoms with Crippen molar-refractivity contribution in [2.24, 2.45) is 0 Å². The molecule has 1 fully saturated rings. The number of nitro groups is 1. The van der Waals surface area contributed by atoms with Crippen LogP contribution < -0.4 is 18.9 Å². The monoisotopic (exact) mass is 418 g/mol. The van der Waals surface area contributed by atoms with Crippen molar-refractivity contribution in [1.82, 2.24) is 14.9 Å². The average molecular weight is 418 g/mol. The number of benzene rings is 1. The molecule has 2 aromatic rings. The summed E-state index contributed by atoms with van der Waals surface area (Å²) >= 11 is 0. The topological polar surface area (TPSA) is 126 Å². The highest BCUT2D eigenvalue weighted by Gasteiger charge is 2.31. The van der Waals surface area contributed by atoms with Crippen LogP contribution in [0.3, 0.4) is 0 Å². The van der Waals surface area contributed by atoms with E-state index in [1.807, 2.05) is 0 Å². The molecular formula is C19H22N4O7. The van der Waals surface area contributed by atoms with Gasteiger partial charge in [-0.15, -0.1) is 0 Å². The third kappa shape index (κ3) is 4.50. The summed E-state index contributed by atoms with van der Waals surface area (Å²) in [6.45, 7) is 0.706. The van der Waals surface area contributed by atoms with Gasteiger partial charge in [0.05, 0.1) is 51.3 Å². The molecule has 1 aliphatic rings. The van der Waals surface area contributed by atoms with Crippen LogP contribution in [-0.4, -0.2) is 66.2 Å². The van der Waals surface area contributed by atoms with E-state index in [9.17, 15) is 14.9 Å². The average Bonchev–Trinajstić information content (AvgIpc) is 2.77. The maximum Gasteiger partial charge on any atom is 0.286 e. The molecule has 1 aliphatic heterocycles. The number of carbonyl (C=O) groups is 1. The van der Waals surface area contributed by atoms with Crippen LogP contribution in [0.15, 0.2) is 24.5 Å². The molecular weight excluding hydrogens is 396 g/mol. The molecule has 0 saturated carbocycles. The molecule has 0 aliphatic carbocycles. The molecule has 1 saturated heterocycles. The van der Waals surface area contributed by atoms with Crippen LogP contribution >= 0.6 is 0 Å². The van der Waals surface area contributed by atoms with E-state index in [1.54, 1.807) is 0 Å². The Morgan fingerprint density at radius 3 is 2.50 bits per heavy atom. The van der Waals surface area contributed by atoms with Gasteiger partial charge in [-0.05, 0) is 12.8 Å². The van der Waals surface area contributed by atoms with E-state index in [0.29, 0.717) is 25.3 Å². The van der Waals surface area contributed by atoms with Gasteiger partial charge in [-0.3, -0.25) is 19.9 Å². The first-order valence-corrected chi connectivity index (χ1v) is 9.19. The van der Waals surface area contributed by atoms with Gasteiger partial charge in [-0.2, -0.15) is 4.98 Å². The number of hydrogen-bond donors (Lipinski definition) is 0. The zero-order valence-electron chi connectivity index (χ0n) is 16.9. The lowest BCUT2D eigenvalue weighted by Crippen LogP contribution is -2.44. The van der Waals surface area contributed by atoms with Crippen LogP contribution in [0.5, 0.6) is 23.3 Å². The number of amides is 1. The van der Waals surface area contributed by atoms with Crippen molar-refractivity contribution < 1.29 is 28.7 Å². The normalized spacial score (nSPS) is 16.0. The molecule has 160 valence electrons. The lowest BCUT2D eigenvalue weighted by Gasteiger charge is -2.32. The van der Waals surface area contributed by atoms with Crippen LogP contribution in [0, 0.1) is 10.1 Å². The largest absolute Gasteiger partial charge is 0.493 e. The van der Waals surface area contributed by atoms with E-state index >= 15 is 0 Å². The second kappa shape index (κ2) is 9.25. The highest BCUT2D eigenvalue weighted by Crippen LogP contribution is 2.35. The summed E-state index contributed by atoms with van der Waals surface area (Å²) in [5.41, 5.74) is -0.418. The number of carbonyl (C=O) groups excluding carboxylic acids is 1. The van der Waals surface area contributed by atoms with Gasteiger partial charge in [0.1, 0.15) is 11.7 Å². The molecule has 2 heterocycles. The van der Waals surface area contributed by atoms with E-state index in [0.717, 1.165) is 0 Å². The summed E-state index contributed by atoms with van der Waals surface area (Å²) in [7, 11) is 4.25. The summed E-state index contributed by atoms with van der Waals surface area (Å²) in [5, 5.41) is 11.5. The first kappa shape index (κ1) is 21.1. The predicted molar refractivity (Wildman–Crippen MR) is 104 cm³/mol. The molecule has 0 spiro atoms. The molecule has 0 radical (unpaired) electrons. The predicted octanol–water partition coefficient (Wildman–Crippen LogP) is 2.09. The Labute approximate surface area is 172 Å². The number of hydrogen-bond acceptors (Lipinski definition) is 9. The number of nitro benzene ring substituents is 1. The fourth-order valence-corrected chi connectivity index (χ4v) is 3.24. The van der Waals surface area contributed by atoms with E-state index in [-0.39, 0.29) is 41.3 Å². The molecule has 11 nitrogen and oxygen atoms in total. The molecule has 0 N–H and O–H groups in total. The van der Waals surface area contributed by atoms with Gasteiger partial charge in [-0.1, -0.05) is 0 Å². The summed E-state index contributed by atoms with van der Waals surface area (Å²) in [5.74, 6) is 0.538. The smallest absolute Gasteiger partial charge is 0.286 e. The first-order chi connectivity index (χ1) is 14.5. The van der Waals surface area contributed by atoms with E-state index < -0.39 is 10.8 Å². The zero-order chi connectivity index (χ0) is 21.7. The SMILES string of the molecule is COc1cncc(OC2CCCN(C(=O)c3cc(OC)c(OC)cc3[N+](=O)[O-])C2)n1. The Morgan fingerprint density at radius 1 is 1.13 bits per heavy atom. The van der Waals surface area contributed by atoms with Crippen LogP contribution in [0.25, 0.3) is 0 Å². The van der Waals surface area contributed by atoms with Gasteiger partial charge in [-0.25, -0.2) is 0 Å². The van der Waals surface area contributed by atoms with Gasteiger partial charge in [0.25, 0.3) is 11.6 Å². The number of likely N-dealkylation sites (tertiary alicyclic amines) is 1. The summed E-state index contributed by atoms with van der Waals surface area (Å²) < 4.78 is 21.2. The van der Waals surface area contributed by atoms with Gasteiger partial charge >= 0.3 is 0 Å². The molecule has 11 heteroatoms. The Morgan fingerprint density at radius 2 is 1.83 bits per heavy atom. The fourth-order valence-electron chi connectivity index (χ4n) is 3.24. The van der Waals surface area contributed by atoms with Crippen LogP contribution in [-0.2, 0) is 0 Å². The van der Waals surface area contributed by atoms with Gasteiger partial charge in [0.15, 0.2) is 11.5 Å². The Hall–Kier alpha value is -3.63. The minimum Gasteiger partial charge on any atom is -0.493 e. The number of rotatable bonds is 7. The maximum atomic E-state index is 13.1. The van der Waals surface area contributed by atoms with Gasteiger partial charge < -0.3 is 23.8 Å². The van der Waals surface area contributed by atoms with Crippen molar-refractivity contribution >= 4 is 11.6 Å². The van der Waals surface area contributed by atoms with Crippen molar-refractivity contribution in [2.75, 3.05) is 34.4 Å². The van der Waals surface area contributed by atoms with E-state index in [4.69, 9.17) is 18.9 Å². The second-order valence-corrected chi connectivity index (χ2v) is 6.51. The van der Waals surface area contributed by atoms with Crippen molar-refractivity contribution in [1.29, 1.82) is 0 Å². The maximum absolute atomic E-state index is 13.1. The minimum absolute atomic E-state index is 0.0699. The molecule has 0 bridgehead atoms. The van der Waals surface area contributed by atoms with Crippen LogP contribution in [0.4, 0.5) is 5.69 Å². The van der Waals surface area contributed by atoms with Gasteiger partial charge in [0, 0.05) is 12.6 Å². The number of nitrogens with zero attached hydrogens (tertiary/aromatic N) is 4. The summed E-state index contributed by atoms with van der Waals surface area (Å²) in [4.78, 5) is 33.7. The van der Waals surface area contributed by atoms with Crippen molar-refractivity contribution in [3.63, 3.8) is 0 Å². The Kier molecular flexibility index (Phi) is 6.50. The van der Waals surface area contributed by atoms with Crippen molar-refractivity contribution in [3.8, 4) is 23.3 Å². The van der Waals surface area contributed by atoms with Crippen LogP contribution in [0.1, 0.15) is 23.2 Å². The number of piperidine rings is 1. The number of methoxy groups -OCH3 is 3. The molecule has 3 rings (SSSR count). The fraction of sp³-hybridized carbons (Fsp3) is 0.421. The lowest BCUT2D eigenvalue weighted by molar-refractivity contribution is -0.385. The Balaban J connectivity index is 1.81. The highest BCUT2D eigenvalue weighted by atomic mass is 16.6. The third-order valence-corrected chi connectivity index (χ3v) is 4.68. The zero-order valence-corrected chi connectivity index (χ0v) is 16.9. The first-order valence-electron chi connectivity index (χ1n) is 9.19. The lowest BCUT2D eigenvalue weighted by atomic mass is 10.1. The molecule has 1 amide bonds. The number of ether oxygens (including phenoxy) is 4. The highest BCUT2D eigenvalue weighted by molar-refractivity contribution is 5.99. The quantitative estimate of drug-likeness (QED) is 0.490.